The first-order valence-corrected chi connectivity index (χ1v) is 11.4. The van der Waals surface area contributed by atoms with Gasteiger partial charge in [-0.3, -0.25) is 10.1 Å². The van der Waals surface area contributed by atoms with Gasteiger partial charge in [0.25, 0.3) is 5.91 Å². The molecule has 6 nitrogen and oxygen atoms in total. The van der Waals surface area contributed by atoms with Gasteiger partial charge in [-0.2, -0.15) is 14.6 Å². The molecular weight excluding hydrogens is 424 g/mol. The van der Waals surface area contributed by atoms with Crippen LogP contribution >= 0.6 is 35.1 Å². The number of nitriles is 1. The molecule has 1 aromatic carbocycles. The summed E-state index contributed by atoms with van der Waals surface area (Å²) in [6.45, 7) is 4.08. The molecule has 1 N–H and O–H groups in total. The molecule has 0 unspecified atom stereocenters. The lowest BCUT2D eigenvalue weighted by Crippen LogP contribution is -2.13. The summed E-state index contributed by atoms with van der Waals surface area (Å²) in [6, 6.07) is 15.5. The van der Waals surface area contributed by atoms with Crippen LogP contribution in [-0.2, 0) is 10.5 Å². The van der Waals surface area contributed by atoms with Crippen LogP contribution in [0.1, 0.15) is 25.2 Å². The minimum atomic E-state index is -0.542. The molecule has 0 radical (unpaired) electrons. The van der Waals surface area contributed by atoms with E-state index in [1.165, 1.54) is 23.4 Å². The number of nitrogens with one attached hydrogen (secondary N) is 1. The smallest absolute Gasteiger partial charge is 0.268 e. The van der Waals surface area contributed by atoms with Crippen molar-refractivity contribution >= 4 is 52.2 Å². The number of benzene rings is 1. The minimum Gasteiger partial charge on any atom is -0.450 e. The van der Waals surface area contributed by atoms with Crippen LogP contribution in [0.3, 0.4) is 0 Å². The van der Waals surface area contributed by atoms with Gasteiger partial charge in [0.05, 0.1) is 0 Å². The molecule has 2 aromatic heterocycles. The molecule has 1 amide bonds. The first kappa shape index (κ1) is 21.2. The van der Waals surface area contributed by atoms with Gasteiger partial charge in [0.15, 0.2) is 5.09 Å². The molecule has 0 saturated heterocycles. The molecule has 2 heterocycles. The Morgan fingerprint density at radius 1 is 1.31 bits per heavy atom. The summed E-state index contributed by atoms with van der Waals surface area (Å²) in [5.41, 5.74) is 1.13. The van der Waals surface area contributed by atoms with Gasteiger partial charge in [0.2, 0.25) is 10.3 Å². The van der Waals surface area contributed by atoms with Gasteiger partial charge < -0.3 is 4.42 Å². The predicted molar refractivity (Wildman–Crippen MR) is 118 cm³/mol. The monoisotopic (exact) mass is 442 g/mol. The van der Waals surface area contributed by atoms with Crippen LogP contribution in [0.2, 0.25) is 0 Å². The second-order valence-corrected chi connectivity index (χ2v) is 9.38. The average Bonchev–Trinajstić information content (AvgIpc) is 3.34. The molecule has 0 atom stereocenters. The Hall–Kier alpha value is -2.54. The molecule has 0 fully saturated rings. The van der Waals surface area contributed by atoms with Crippen LogP contribution < -0.4 is 5.32 Å². The lowest BCUT2D eigenvalue weighted by molar-refractivity contribution is -0.112. The van der Waals surface area contributed by atoms with Crippen molar-refractivity contribution in [3.8, 4) is 6.07 Å². The van der Waals surface area contributed by atoms with Gasteiger partial charge >= 0.3 is 0 Å². The highest BCUT2D eigenvalue weighted by molar-refractivity contribution is 7.99. The first-order chi connectivity index (χ1) is 14.0. The van der Waals surface area contributed by atoms with Crippen LogP contribution in [0, 0.1) is 11.3 Å². The Morgan fingerprint density at radius 2 is 2.10 bits per heavy atom. The van der Waals surface area contributed by atoms with Gasteiger partial charge in [0.1, 0.15) is 17.4 Å². The summed E-state index contributed by atoms with van der Waals surface area (Å²) in [5.74, 6) is 0.678. The number of hydrogen-bond donors (Lipinski definition) is 1. The molecule has 0 spiro atoms. The molecule has 9 heteroatoms. The highest BCUT2D eigenvalue weighted by Crippen LogP contribution is 2.26. The summed E-state index contributed by atoms with van der Waals surface area (Å²) in [7, 11) is 0. The Kier molecular flexibility index (Phi) is 7.52. The fourth-order valence-electron chi connectivity index (χ4n) is 2.19. The topological polar surface area (TPSA) is 91.8 Å². The number of thioether (sulfide) groups is 2. The van der Waals surface area contributed by atoms with Crippen molar-refractivity contribution in [2.75, 3.05) is 5.32 Å². The van der Waals surface area contributed by atoms with Crippen molar-refractivity contribution in [3.05, 3.63) is 59.4 Å². The van der Waals surface area contributed by atoms with Crippen molar-refractivity contribution in [2.24, 2.45) is 0 Å². The normalized spacial score (nSPS) is 11.4. The van der Waals surface area contributed by atoms with E-state index >= 15 is 0 Å². The predicted octanol–water partition coefficient (Wildman–Crippen LogP) is 5.47. The molecule has 148 valence electrons. The minimum absolute atomic E-state index is 0.0628. The number of nitrogens with zero attached hydrogens (tertiary/aromatic N) is 3. The number of aromatic nitrogens is 2. The molecule has 0 aliphatic heterocycles. The summed E-state index contributed by atoms with van der Waals surface area (Å²) in [6.07, 6.45) is 1.42. The van der Waals surface area contributed by atoms with Crippen molar-refractivity contribution in [2.45, 2.75) is 35.1 Å². The standard InChI is InChI=1S/C20H18N4O2S3/c1-13(2)28-20-23-19(29-24-20)22-18(25)15(11-21)10-16-8-9-17(26-16)27-12-14-6-4-3-5-7-14/h3-10,13H,12H2,1-2H3,(H,22,23,24,25). The Bertz CT molecular complexity index is 1040. The zero-order valence-corrected chi connectivity index (χ0v) is 18.2. The van der Waals surface area contributed by atoms with E-state index in [1.807, 2.05) is 56.3 Å². The summed E-state index contributed by atoms with van der Waals surface area (Å²) < 4.78 is 9.90. The maximum Gasteiger partial charge on any atom is 0.268 e. The molecule has 29 heavy (non-hydrogen) atoms. The second kappa shape index (κ2) is 10.3. The largest absolute Gasteiger partial charge is 0.450 e. The SMILES string of the molecule is CC(C)Sc1nsc(NC(=O)C(C#N)=Cc2ccc(SCc3ccccc3)o2)n1. The number of furan rings is 1. The molecule has 0 bridgehead atoms. The second-order valence-electron chi connectivity index (χ2n) is 6.10. The maximum atomic E-state index is 12.4. The fraction of sp³-hybridized carbons (Fsp3) is 0.200. The van der Waals surface area contributed by atoms with Crippen LogP contribution in [0.25, 0.3) is 6.08 Å². The number of rotatable bonds is 8. The van der Waals surface area contributed by atoms with Crippen LogP contribution in [0.5, 0.6) is 0 Å². The van der Waals surface area contributed by atoms with Gasteiger partial charge in [-0.1, -0.05) is 67.7 Å². The summed E-state index contributed by atoms with van der Waals surface area (Å²) in [5, 5.41) is 14.0. The molecular formula is C20H18N4O2S3. The zero-order chi connectivity index (χ0) is 20.6. The number of carbonyl (C=O) groups excluding carboxylic acids is 1. The Balaban J connectivity index is 1.62. The van der Waals surface area contributed by atoms with Gasteiger partial charge in [-0.15, -0.1) is 0 Å². The van der Waals surface area contributed by atoms with E-state index < -0.39 is 5.91 Å². The molecule has 0 saturated carbocycles. The third-order valence-corrected chi connectivity index (χ3v) is 6.04. The summed E-state index contributed by atoms with van der Waals surface area (Å²) >= 11 is 4.14. The molecule has 0 aliphatic rings. The number of anilines is 1. The quantitative estimate of drug-likeness (QED) is 0.281. The van der Waals surface area contributed by atoms with E-state index in [2.05, 4.69) is 14.7 Å². The van der Waals surface area contributed by atoms with Gasteiger partial charge in [0, 0.05) is 28.6 Å². The Labute approximate surface area is 181 Å². The van der Waals surface area contributed by atoms with Crippen LogP contribution in [0.15, 0.2) is 62.7 Å². The molecule has 0 aliphatic carbocycles. The maximum absolute atomic E-state index is 12.4. The van der Waals surface area contributed by atoms with Crippen molar-refractivity contribution in [1.82, 2.24) is 9.36 Å². The fourth-order valence-corrected chi connectivity index (χ4v) is 4.39. The highest BCUT2D eigenvalue weighted by atomic mass is 32.2. The van der Waals surface area contributed by atoms with Gasteiger partial charge in [-0.05, 0) is 17.7 Å². The number of hydrogen-bond acceptors (Lipinski definition) is 8. The average molecular weight is 443 g/mol. The van der Waals surface area contributed by atoms with E-state index in [-0.39, 0.29) is 5.57 Å². The molecule has 3 rings (SSSR count). The van der Waals surface area contributed by atoms with Crippen molar-refractivity contribution in [3.63, 3.8) is 0 Å². The van der Waals surface area contributed by atoms with E-state index in [0.717, 1.165) is 22.4 Å². The Morgan fingerprint density at radius 3 is 2.83 bits per heavy atom. The van der Waals surface area contributed by atoms with E-state index in [4.69, 9.17) is 4.42 Å². The third kappa shape index (κ3) is 6.49. The van der Waals surface area contributed by atoms with Crippen molar-refractivity contribution < 1.29 is 9.21 Å². The number of amides is 1. The van der Waals surface area contributed by atoms with Crippen molar-refractivity contribution in [1.29, 1.82) is 5.26 Å². The lowest BCUT2D eigenvalue weighted by Gasteiger charge is -2.00. The third-order valence-electron chi connectivity index (χ3n) is 3.45. The van der Waals surface area contributed by atoms with E-state index in [0.29, 0.717) is 21.3 Å². The number of carbonyl (C=O) groups is 1. The zero-order valence-electron chi connectivity index (χ0n) is 15.8. The van der Waals surface area contributed by atoms with Crippen LogP contribution in [0.4, 0.5) is 5.13 Å². The summed E-state index contributed by atoms with van der Waals surface area (Å²) in [4.78, 5) is 16.6. The molecule has 3 aromatic rings. The van der Waals surface area contributed by atoms with Gasteiger partial charge in [-0.25, -0.2) is 0 Å². The highest BCUT2D eigenvalue weighted by Gasteiger charge is 2.14. The first-order valence-electron chi connectivity index (χ1n) is 8.73. The van der Waals surface area contributed by atoms with E-state index in [9.17, 15) is 10.1 Å². The van der Waals surface area contributed by atoms with Crippen LogP contribution in [-0.4, -0.2) is 20.5 Å². The van der Waals surface area contributed by atoms with E-state index in [1.54, 1.807) is 17.8 Å². The lowest BCUT2D eigenvalue weighted by atomic mass is 10.2.